The van der Waals surface area contributed by atoms with Crippen molar-refractivity contribution in [3.63, 3.8) is 0 Å². The van der Waals surface area contributed by atoms with Gasteiger partial charge in [0.2, 0.25) is 5.96 Å². The Kier molecular flexibility index (Phi) is 5.09. The molecule has 0 atom stereocenters. The van der Waals surface area contributed by atoms with Crippen molar-refractivity contribution in [2.45, 2.75) is 26.4 Å². The van der Waals surface area contributed by atoms with E-state index >= 15 is 0 Å². The third-order valence-electron chi connectivity index (χ3n) is 6.11. The van der Waals surface area contributed by atoms with Crippen molar-refractivity contribution >= 4 is 23.5 Å². The van der Waals surface area contributed by atoms with Gasteiger partial charge in [-0.25, -0.2) is 0 Å². The van der Waals surface area contributed by atoms with Crippen LogP contribution in [0.1, 0.15) is 23.1 Å². The molecule has 5 nitrogen and oxygen atoms in total. The van der Waals surface area contributed by atoms with E-state index in [1.54, 1.807) is 0 Å². The zero-order chi connectivity index (χ0) is 20.7. The maximum Gasteiger partial charge on any atom is 0.259 e. The largest absolute Gasteiger partial charge is 0.314 e. The number of rotatable bonds is 4. The second-order valence-electron chi connectivity index (χ2n) is 8.18. The Hall–Kier alpha value is -2.63. The molecular weight excluding hydrogens is 396 g/mol. The maximum absolute atomic E-state index is 13.6. The van der Waals surface area contributed by atoms with E-state index < -0.39 is 0 Å². The monoisotopic (exact) mass is 420 g/mol. The summed E-state index contributed by atoms with van der Waals surface area (Å²) in [5.74, 6) is 0.878. The number of hydrogen-bond donors (Lipinski definition) is 0. The lowest BCUT2D eigenvalue weighted by molar-refractivity contribution is -0.125. The fourth-order valence-electron chi connectivity index (χ4n) is 4.51. The minimum atomic E-state index is 0.0800. The molecule has 0 fully saturated rings. The van der Waals surface area contributed by atoms with Gasteiger partial charge in [0.25, 0.3) is 5.91 Å². The normalized spacial score (nSPS) is 19.1. The molecule has 0 N–H and O–H groups in total. The number of hydrogen-bond acceptors (Lipinski definition) is 4. The summed E-state index contributed by atoms with van der Waals surface area (Å²) in [6.45, 7) is 6.56. The number of fused-ring (bicyclic) bond motifs is 2. The van der Waals surface area contributed by atoms with Gasteiger partial charge in [0.15, 0.2) is 0 Å². The first-order chi connectivity index (χ1) is 14.6. The molecule has 0 bridgehead atoms. The lowest BCUT2D eigenvalue weighted by Gasteiger charge is -2.42. The Morgan fingerprint density at radius 3 is 2.67 bits per heavy atom. The topological polar surface area (TPSA) is 39.2 Å². The van der Waals surface area contributed by atoms with Crippen LogP contribution in [0.25, 0.3) is 0 Å². The lowest BCUT2D eigenvalue weighted by atomic mass is 10.00. The van der Waals surface area contributed by atoms with Crippen molar-refractivity contribution in [3.8, 4) is 0 Å². The molecule has 5 rings (SSSR count). The average molecular weight is 421 g/mol. The first kappa shape index (κ1) is 19.3. The molecule has 154 valence electrons. The van der Waals surface area contributed by atoms with E-state index in [9.17, 15) is 4.79 Å². The van der Waals surface area contributed by atoms with Crippen LogP contribution in [0.4, 0.5) is 0 Å². The van der Waals surface area contributed by atoms with E-state index in [2.05, 4.69) is 39.1 Å². The Morgan fingerprint density at radius 1 is 1.03 bits per heavy atom. The van der Waals surface area contributed by atoms with Gasteiger partial charge in [-0.2, -0.15) is 0 Å². The van der Waals surface area contributed by atoms with Gasteiger partial charge < -0.3 is 4.90 Å². The lowest BCUT2D eigenvalue weighted by Crippen LogP contribution is -2.53. The molecule has 0 aliphatic carbocycles. The van der Waals surface area contributed by atoms with E-state index in [0.29, 0.717) is 13.1 Å². The molecule has 6 heteroatoms. The van der Waals surface area contributed by atoms with Gasteiger partial charge >= 0.3 is 0 Å². The van der Waals surface area contributed by atoms with Gasteiger partial charge in [0.05, 0.1) is 18.7 Å². The van der Waals surface area contributed by atoms with E-state index in [-0.39, 0.29) is 5.91 Å². The molecule has 3 aliphatic rings. The summed E-state index contributed by atoms with van der Waals surface area (Å²) in [5.41, 5.74) is 5.42. The van der Waals surface area contributed by atoms with Crippen LogP contribution in [0, 0.1) is 6.92 Å². The predicted octanol–water partition coefficient (Wildman–Crippen LogP) is 3.82. The number of carbonyl (C=O) groups excluding carboxylic acids is 1. The van der Waals surface area contributed by atoms with Crippen LogP contribution in [0.15, 0.2) is 64.8 Å². The number of halogens is 1. The molecule has 3 aliphatic heterocycles. The van der Waals surface area contributed by atoms with Crippen LogP contribution < -0.4 is 0 Å². The highest BCUT2D eigenvalue weighted by Crippen LogP contribution is 2.32. The summed E-state index contributed by atoms with van der Waals surface area (Å²) in [4.78, 5) is 24.7. The molecule has 0 unspecified atom stereocenters. The summed E-state index contributed by atoms with van der Waals surface area (Å²) < 4.78 is 0. The molecule has 0 saturated heterocycles. The molecule has 1 amide bonds. The van der Waals surface area contributed by atoms with E-state index in [1.807, 2.05) is 36.1 Å². The average Bonchev–Trinajstić information content (AvgIpc) is 3.24. The first-order valence-corrected chi connectivity index (χ1v) is 10.8. The smallest absolute Gasteiger partial charge is 0.259 e. The highest BCUT2D eigenvalue weighted by atomic mass is 35.5. The highest BCUT2D eigenvalue weighted by Gasteiger charge is 2.40. The predicted molar refractivity (Wildman–Crippen MR) is 119 cm³/mol. The van der Waals surface area contributed by atoms with Crippen LogP contribution in [0.5, 0.6) is 0 Å². The van der Waals surface area contributed by atoms with Gasteiger partial charge in [-0.1, -0.05) is 54.1 Å². The van der Waals surface area contributed by atoms with Crippen molar-refractivity contribution in [1.82, 2.24) is 14.7 Å². The van der Waals surface area contributed by atoms with Gasteiger partial charge in [-0.05, 0) is 29.7 Å². The third kappa shape index (κ3) is 3.53. The number of nitrogens with zero attached hydrogens (tertiary/aromatic N) is 4. The fraction of sp³-hybridized carbons (Fsp3) is 0.333. The minimum absolute atomic E-state index is 0.0800. The van der Waals surface area contributed by atoms with Crippen molar-refractivity contribution in [1.29, 1.82) is 0 Å². The molecule has 0 saturated carbocycles. The van der Waals surface area contributed by atoms with Crippen LogP contribution in [-0.4, -0.2) is 52.7 Å². The molecular formula is C24H25ClN4O. The summed E-state index contributed by atoms with van der Waals surface area (Å²) in [6, 6.07) is 16.5. The summed E-state index contributed by atoms with van der Waals surface area (Å²) in [6.07, 6.45) is 0.886. The van der Waals surface area contributed by atoms with Gasteiger partial charge in [0.1, 0.15) is 0 Å². The summed E-state index contributed by atoms with van der Waals surface area (Å²) in [5, 5.41) is 0.730. The minimum Gasteiger partial charge on any atom is -0.314 e. The quantitative estimate of drug-likeness (QED) is 0.754. The van der Waals surface area contributed by atoms with Crippen molar-refractivity contribution in [2.75, 3.05) is 26.2 Å². The second kappa shape index (κ2) is 7.89. The van der Waals surface area contributed by atoms with Crippen LogP contribution >= 0.6 is 11.6 Å². The first-order valence-electron chi connectivity index (χ1n) is 10.5. The molecule has 2 aromatic rings. The van der Waals surface area contributed by atoms with Gasteiger partial charge in [-0.3, -0.25) is 19.6 Å². The van der Waals surface area contributed by atoms with Gasteiger partial charge in [0, 0.05) is 43.3 Å². The Balaban J connectivity index is 1.41. The number of guanidine groups is 1. The number of aliphatic imine (C=N–C) groups is 1. The van der Waals surface area contributed by atoms with E-state index in [0.717, 1.165) is 60.3 Å². The summed E-state index contributed by atoms with van der Waals surface area (Å²) >= 11 is 6.33. The Labute approximate surface area is 182 Å². The number of carbonyl (C=O) groups is 1. The molecule has 3 heterocycles. The molecule has 2 aromatic carbocycles. The number of benzene rings is 2. The van der Waals surface area contributed by atoms with Crippen molar-refractivity contribution < 1.29 is 4.79 Å². The zero-order valence-corrected chi connectivity index (χ0v) is 17.9. The number of aryl methyl sites for hydroxylation is 1. The zero-order valence-electron chi connectivity index (χ0n) is 17.1. The SMILES string of the molecule is Cc1ccc(CN2C(=O)C3=C(CCN(Cc4ccccc4)C3)N3CCN=C23)cc1Cl. The fourth-order valence-corrected chi connectivity index (χ4v) is 4.71. The molecule has 0 radical (unpaired) electrons. The second-order valence-corrected chi connectivity index (χ2v) is 8.59. The Bertz CT molecular complexity index is 1050. The van der Waals surface area contributed by atoms with Gasteiger partial charge in [-0.15, -0.1) is 0 Å². The third-order valence-corrected chi connectivity index (χ3v) is 6.52. The molecule has 0 spiro atoms. The summed E-state index contributed by atoms with van der Waals surface area (Å²) in [7, 11) is 0. The van der Waals surface area contributed by atoms with Crippen LogP contribution in [0.2, 0.25) is 5.02 Å². The van der Waals surface area contributed by atoms with Crippen molar-refractivity contribution in [3.05, 3.63) is 81.5 Å². The molecule has 0 aromatic heterocycles. The van der Waals surface area contributed by atoms with E-state index in [1.165, 1.54) is 11.3 Å². The van der Waals surface area contributed by atoms with Crippen molar-refractivity contribution in [2.24, 2.45) is 4.99 Å². The van der Waals surface area contributed by atoms with Crippen LogP contribution in [0.3, 0.4) is 0 Å². The van der Waals surface area contributed by atoms with E-state index in [4.69, 9.17) is 11.6 Å². The highest BCUT2D eigenvalue weighted by molar-refractivity contribution is 6.31. The number of amides is 1. The van der Waals surface area contributed by atoms with Crippen LogP contribution in [-0.2, 0) is 17.9 Å². The molecule has 30 heavy (non-hydrogen) atoms. The maximum atomic E-state index is 13.6. The Morgan fingerprint density at radius 2 is 1.87 bits per heavy atom. The standard InChI is InChI=1S/C24H25ClN4O/c1-17-7-8-19(13-21(17)25)15-29-23(30)20-16-27(14-18-5-3-2-4-6-18)11-9-22(20)28-12-10-26-24(28)29/h2-8,13H,9-12,14-16H2,1H3.